The number of ether oxygens (including phenoxy) is 1. The predicted octanol–water partition coefficient (Wildman–Crippen LogP) is 1.24. The molecule has 0 aliphatic heterocycles. The Morgan fingerprint density at radius 1 is 1.47 bits per heavy atom. The number of nitrogens with zero attached hydrogens (tertiary/aromatic N) is 1. The number of rotatable bonds is 8. The molecule has 1 fully saturated rings. The van der Waals surface area contributed by atoms with Crippen LogP contribution in [-0.4, -0.2) is 30.6 Å². The highest BCUT2D eigenvalue weighted by molar-refractivity contribution is 5.75. The quantitative estimate of drug-likeness (QED) is 0.693. The second-order valence-electron chi connectivity index (χ2n) is 4.77. The molecule has 0 radical (unpaired) electrons. The van der Waals surface area contributed by atoms with Crippen LogP contribution in [0.15, 0.2) is 18.3 Å². The van der Waals surface area contributed by atoms with Crippen molar-refractivity contribution in [3.05, 3.63) is 24.0 Å². The van der Waals surface area contributed by atoms with Crippen molar-refractivity contribution in [3.8, 4) is 5.75 Å². The number of aromatic nitrogens is 1. The summed E-state index contributed by atoms with van der Waals surface area (Å²) >= 11 is 0. The van der Waals surface area contributed by atoms with Gasteiger partial charge in [0.15, 0.2) is 0 Å². The van der Waals surface area contributed by atoms with Gasteiger partial charge >= 0.3 is 0 Å². The van der Waals surface area contributed by atoms with Crippen LogP contribution in [0, 0.1) is 0 Å². The average molecular weight is 263 g/mol. The summed E-state index contributed by atoms with van der Waals surface area (Å²) in [6.45, 7) is 1.36. The average Bonchev–Trinajstić information content (AvgIpc) is 3.26. The standard InChI is InChI=1S/C14H21N3O2/c1-15-14(18)3-2-8-19-13-7-6-12(17-10-13)9-16-11-4-5-11/h6-7,10-11,16H,2-5,8-9H2,1H3,(H,15,18). The van der Waals surface area contributed by atoms with Crippen molar-refractivity contribution in [2.75, 3.05) is 13.7 Å². The molecular formula is C14H21N3O2. The molecule has 1 heterocycles. The number of hydrogen-bond donors (Lipinski definition) is 2. The minimum absolute atomic E-state index is 0.0447. The molecule has 1 amide bonds. The maximum atomic E-state index is 11.0. The Bertz CT molecular complexity index is 402. The maximum absolute atomic E-state index is 11.0. The van der Waals surface area contributed by atoms with Gasteiger partial charge < -0.3 is 15.4 Å². The number of carbonyl (C=O) groups is 1. The largest absolute Gasteiger partial charge is 0.492 e. The zero-order chi connectivity index (χ0) is 13.5. The molecule has 0 aromatic carbocycles. The van der Waals surface area contributed by atoms with Gasteiger partial charge in [-0.05, 0) is 31.4 Å². The van der Waals surface area contributed by atoms with Gasteiger partial charge in [-0.2, -0.15) is 0 Å². The van der Waals surface area contributed by atoms with Crippen molar-refractivity contribution in [1.82, 2.24) is 15.6 Å². The van der Waals surface area contributed by atoms with Crippen LogP contribution in [0.4, 0.5) is 0 Å². The van der Waals surface area contributed by atoms with E-state index in [4.69, 9.17) is 4.74 Å². The van der Waals surface area contributed by atoms with Crippen molar-refractivity contribution in [1.29, 1.82) is 0 Å². The molecule has 1 aliphatic rings. The van der Waals surface area contributed by atoms with Crippen LogP contribution in [0.25, 0.3) is 0 Å². The van der Waals surface area contributed by atoms with Crippen LogP contribution >= 0.6 is 0 Å². The Morgan fingerprint density at radius 2 is 2.32 bits per heavy atom. The van der Waals surface area contributed by atoms with E-state index in [1.807, 2.05) is 12.1 Å². The Hall–Kier alpha value is -1.62. The lowest BCUT2D eigenvalue weighted by molar-refractivity contribution is -0.120. The van der Waals surface area contributed by atoms with Crippen LogP contribution in [0.5, 0.6) is 5.75 Å². The number of carbonyl (C=O) groups excluding carboxylic acids is 1. The summed E-state index contributed by atoms with van der Waals surface area (Å²) in [6.07, 6.45) is 5.51. The molecule has 1 aromatic rings. The Balaban J connectivity index is 1.64. The lowest BCUT2D eigenvalue weighted by Crippen LogP contribution is -2.18. The molecule has 2 rings (SSSR count). The second kappa shape index (κ2) is 7.09. The fourth-order valence-electron chi connectivity index (χ4n) is 1.68. The van der Waals surface area contributed by atoms with Gasteiger partial charge in [-0.3, -0.25) is 9.78 Å². The number of amides is 1. The summed E-state index contributed by atoms with van der Waals surface area (Å²) in [5, 5.41) is 6.00. The van der Waals surface area contributed by atoms with E-state index in [0.717, 1.165) is 18.0 Å². The van der Waals surface area contributed by atoms with Gasteiger partial charge in [0.25, 0.3) is 0 Å². The zero-order valence-electron chi connectivity index (χ0n) is 11.3. The van der Waals surface area contributed by atoms with Crippen molar-refractivity contribution in [2.24, 2.45) is 0 Å². The van der Waals surface area contributed by atoms with E-state index in [9.17, 15) is 4.79 Å². The van der Waals surface area contributed by atoms with Gasteiger partial charge in [0, 0.05) is 26.1 Å². The third-order valence-corrected chi connectivity index (χ3v) is 3.04. The van der Waals surface area contributed by atoms with E-state index < -0.39 is 0 Å². The van der Waals surface area contributed by atoms with Crippen molar-refractivity contribution >= 4 is 5.91 Å². The lowest BCUT2D eigenvalue weighted by atomic mass is 10.3. The third-order valence-electron chi connectivity index (χ3n) is 3.04. The monoisotopic (exact) mass is 263 g/mol. The summed E-state index contributed by atoms with van der Waals surface area (Å²) in [4.78, 5) is 15.4. The molecule has 0 unspecified atom stereocenters. The summed E-state index contributed by atoms with van der Waals surface area (Å²) in [6, 6.07) is 4.60. The molecule has 1 aliphatic carbocycles. The van der Waals surface area contributed by atoms with Gasteiger partial charge in [0.1, 0.15) is 5.75 Å². The molecule has 5 heteroatoms. The number of nitrogens with one attached hydrogen (secondary N) is 2. The first kappa shape index (κ1) is 13.8. The minimum Gasteiger partial charge on any atom is -0.492 e. The van der Waals surface area contributed by atoms with Gasteiger partial charge in [-0.1, -0.05) is 0 Å². The Morgan fingerprint density at radius 3 is 2.95 bits per heavy atom. The molecule has 2 N–H and O–H groups in total. The number of pyridine rings is 1. The fourth-order valence-corrected chi connectivity index (χ4v) is 1.68. The lowest BCUT2D eigenvalue weighted by Gasteiger charge is -2.07. The Labute approximate surface area is 113 Å². The first-order valence-electron chi connectivity index (χ1n) is 6.79. The molecule has 0 atom stereocenters. The van der Waals surface area contributed by atoms with E-state index in [2.05, 4.69) is 15.6 Å². The normalized spacial score (nSPS) is 14.2. The molecular weight excluding hydrogens is 242 g/mol. The minimum atomic E-state index is 0.0447. The molecule has 0 bridgehead atoms. The highest BCUT2D eigenvalue weighted by Crippen LogP contribution is 2.19. The van der Waals surface area contributed by atoms with Crippen LogP contribution in [0.1, 0.15) is 31.4 Å². The van der Waals surface area contributed by atoms with E-state index in [0.29, 0.717) is 25.5 Å². The van der Waals surface area contributed by atoms with E-state index >= 15 is 0 Å². The predicted molar refractivity (Wildman–Crippen MR) is 72.9 cm³/mol. The SMILES string of the molecule is CNC(=O)CCCOc1ccc(CNC2CC2)nc1. The molecule has 19 heavy (non-hydrogen) atoms. The first-order valence-corrected chi connectivity index (χ1v) is 6.79. The summed E-state index contributed by atoms with van der Waals surface area (Å²) in [7, 11) is 1.64. The molecule has 104 valence electrons. The first-order chi connectivity index (χ1) is 9.28. The summed E-state index contributed by atoms with van der Waals surface area (Å²) < 4.78 is 5.53. The Kier molecular flexibility index (Phi) is 5.15. The summed E-state index contributed by atoms with van der Waals surface area (Å²) in [5.41, 5.74) is 1.03. The topological polar surface area (TPSA) is 63.2 Å². The fraction of sp³-hybridized carbons (Fsp3) is 0.571. The van der Waals surface area contributed by atoms with Gasteiger partial charge in [-0.15, -0.1) is 0 Å². The van der Waals surface area contributed by atoms with Crippen LogP contribution in [-0.2, 0) is 11.3 Å². The molecule has 1 aromatic heterocycles. The molecule has 0 spiro atoms. The highest BCUT2D eigenvalue weighted by atomic mass is 16.5. The van der Waals surface area contributed by atoms with Gasteiger partial charge in [0.05, 0.1) is 18.5 Å². The highest BCUT2D eigenvalue weighted by Gasteiger charge is 2.19. The van der Waals surface area contributed by atoms with E-state index in [1.165, 1.54) is 12.8 Å². The van der Waals surface area contributed by atoms with E-state index in [-0.39, 0.29) is 5.91 Å². The van der Waals surface area contributed by atoms with Crippen LogP contribution < -0.4 is 15.4 Å². The molecule has 0 saturated heterocycles. The van der Waals surface area contributed by atoms with Crippen molar-refractivity contribution in [3.63, 3.8) is 0 Å². The number of hydrogen-bond acceptors (Lipinski definition) is 4. The molecule has 1 saturated carbocycles. The van der Waals surface area contributed by atoms with Crippen molar-refractivity contribution < 1.29 is 9.53 Å². The zero-order valence-corrected chi connectivity index (χ0v) is 11.3. The van der Waals surface area contributed by atoms with Gasteiger partial charge in [0.2, 0.25) is 5.91 Å². The van der Waals surface area contributed by atoms with Crippen LogP contribution in [0.3, 0.4) is 0 Å². The second-order valence-corrected chi connectivity index (χ2v) is 4.77. The third kappa shape index (κ3) is 5.26. The maximum Gasteiger partial charge on any atom is 0.219 e. The van der Waals surface area contributed by atoms with Gasteiger partial charge in [-0.25, -0.2) is 0 Å². The van der Waals surface area contributed by atoms with Crippen molar-refractivity contribution in [2.45, 2.75) is 38.3 Å². The summed E-state index contributed by atoms with van der Waals surface area (Å²) in [5.74, 6) is 0.801. The molecule has 5 nitrogen and oxygen atoms in total. The van der Waals surface area contributed by atoms with Crippen LogP contribution in [0.2, 0.25) is 0 Å². The van der Waals surface area contributed by atoms with E-state index in [1.54, 1.807) is 13.2 Å². The smallest absolute Gasteiger partial charge is 0.219 e.